The Morgan fingerprint density at radius 3 is 3.23 bits per heavy atom. The summed E-state index contributed by atoms with van der Waals surface area (Å²) in [7, 11) is 1.94. The number of hydrogen-bond acceptors (Lipinski definition) is 2. The average Bonchev–Trinajstić information content (AvgIpc) is 2.70. The summed E-state index contributed by atoms with van der Waals surface area (Å²) < 4.78 is 1.84. The maximum atomic E-state index is 4.62. The highest BCUT2D eigenvalue weighted by Crippen LogP contribution is 2.23. The van der Waals surface area contributed by atoms with Crippen LogP contribution in [-0.4, -0.2) is 14.8 Å². The third kappa shape index (κ3) is 0.899. The molecular weight excluding hydrogens is 162 g/mol. The van der Waals surface area contributed by atoms with Gasteiger partial charge in [0.1, 0.15) is 0 Å². The zero-order chi connectivity index (χ0) is 8.84. The summed E-state index contributed by atoms with van der Waals surface area (Å²) in [5, 5.41) is 5.36. The fourth-order valence-electron chi connectivity index (χ4n) is 2.04. The van der Waals surface area contributed by atoms with Crippen LogP contribution < -0.4 is 0 Å². The standard InChI is InChI=1S/C10H11N3/c1-13-10-8(6-11-13)5-7-3-2-4-9(7)12-10/h5-6H,2-4H2,1H3. The van der Waals surface area contributed by atoms with Gasteiger partial charge in [0.05, 0.1) is 6.20 Å². The Kier molecular flexibility index (Phi) is 1.26. The van der Waals surface area contributed by atoms with E-state index in [0.29, 0.717) is 0 Å². The van der Waals surface area contributed by atoms with Crippen LogP contribution in [-0.2, 0) is 19.9 Å². The van der Waals surface area contributed by atoms with Gasteiger partial charge in [-0.25, -0.2) is 4.98 Å². The topological polar surface area (TPSA) is 30.7 Å². The van der Waals surface area contributed by atoms with E-state index in [-0.39, 0.29) is 0 Å². The zero-order valence-electron chi connectivity index (χ0n) is 7.62. The van der Waals surface area contributed by atoms with Gasteiger partial charge < -0.3 is 0 Å². The molecule has 3 rings (SSSR count). The monoisotopic (exact) mass is 173 g/mol. The number of aromatic nitrogens is 3. The van der Waals surface area contributed by atoms with Crippen LogP contribution in [0.4, 0.5) is 0 Å². The number of fused-ring (bicyclic) bond motifs is 2. The summed E-state index contributed by atoms with van der Waals surface area (Å²) in [5.74, 6) is 0. The Hall–Kier alpha value is -1.38. The minimum atomic E-state index is 1.01. The first-order valence-electron chi connectivity index (χ1n) is 4.65. The van der Waals surface area contributed by atoms with Crippen molar-refractivity contribution in [2.75, 3.05) is 0 Å². The average molecular weight is 173 g/mol. The second-order valence-electron chi connectivity index (χ2n) is 3.63. The lowest BCUT2D eigenvalue weighted by molar-refractivity contribution is 0.782. The molecule has 3 nitrogen and oxygen atoms in total. The van der Waals surface area contributed by atoms with Gasteiger partial charge >= 0.3 is 0 Å². The van der Waals surface area contributed by atoms with Crippen molar-refractivity contribution >= 4 is 11.0 Å². The number of nitrogens with zero attached hydrogens (tertiary/aromatic N) is 3. The molecule has 0 aliphatic heterocycles. The predicted octanol–water partition coefficient (Wildman–Crippen LogP) is 1.46. The van der Waals surface area contributed by atoms with E-state index in [4.69, 9.17) is 0 Å². The smallest absolute Gasteiger partial charge is 0.157 e. The van der Waals surface area contributed by atoms with Gasteiger partial charge in [-0.3, -0.25) is 4.68 Å². The molecule has 3 heteroatoms. The molecule has 0 saturated carbocycles. The minimum absolute atomic E-state index is 1.01. The normalized spacial score (nSPS) is 15.2. The van der Waals surface area contributed by atoms with Crippen molar-refractivity contribution in [3.05, 3.63) is 23.5 Å². The van der Waals surface area contributed by atoms with E-state index in [2.05, 4.69) is 16.1 Å². The number of pyridine rings is 1. The molecular formula is C10H11N3. The van der Waals surface area contributed by atoms with Crippen molar-refractivity contribution in [3.63, 3.8) is 0 Å². The largest absolute Gasteiger partial charge is 0.250 e. The molecule has 0 fully saturated rings. The van der Waals surface area contributed by atoms with Crippen LogP contribution in [0.25, 0.3) is 11.0 Å². The Morgan fingerprint density at radius 2 is 2.31 bits per heavy atom. The second-order valence-corrected chi connectivity index (χ2v) is 3.63. The molecule has 0 amide bonds. The second kappa shape index (κ2) is 2.31. The van der Waals surface area contributed by atoms with Gasteiger partial charge in [-0.05, 0) is 30.9 Å². The van der Waals surface area contributed by atoms with Gasteiger partial charge in [0.25, 0.3) is 0 Å². The molecule has 66 valence electrons. The Balaban J connectivity index is 2.38. The predicted molar refractivity (Wildman–Crippen MR) is 50.5 cm³/mol. The van der Waals surface area contributed by atoms with Crippen LogP contribution in [0.3, 0.4) is 0 Å². The van der Waals surface area contributed by atoms with Crippen LogP contribution in [0.2, 0.25) is 0 Å². The molecule has 0 N–H and O–H groups in total. The third-order valence-electron chi connectivity index (χ3n) is 2.74. The lowest BCUT2D eigenvalue weighted by Crippen LogP contribution is -1.94. The summed E-state index contributed by atoms with van der Waals surface area (Å²) in [6.45, 7) is 0. The Labute approximate surface area is 76.4 Å². The molecule has 0 bridgehead atoms. The lowest BCUT2D eigenvalue weighted by atomic mass is 10.2. The summed E-state index contributed by atoms with van der Waals surface area (Å²) >= 11 is 0. The first-order chi connectivity index (χ1) is 6.34. The quantitative estimate of drug-likeness (QED) is 0.603. The van der Waals surface area contributed by atoms with Crippen molar-refractivity contribution < 1.29 is 0 Å². The van der Waals surface area contributed by atoms with E-state index < -0.39 is 0 Å². The van der Waals surface area contributed by atoms with Gasteiger partial charge in [-0.1, -0.05) is 0 Å². The van der Waals surface area contributed by atoms with E-state index in [1.54, 1.807) is 0 Å². The fourth-order valence-corrected chi connectivity index (χ4v) is 2.04. The van der Waals surface area contributed by atoms with E-state index in [1.807, 2.05) is 17.9 Å². The van der Waals surface area contributed by atoms with Gasteiger partial charge in [-0.15, -0.1) is 0 Å². The van der Waals surface area contributed by atoms with Crippen LogP contribution in [0.1, 0.15) is 17.7 Å². The molecule has 0 aromatic carbocycles. The Morgan fingerprint density at radius 1 is 1.38 bits per heavy atom. The maximum Gasteiger partial charge on any atom is 0.157 e. The zero-order valence-corrected chi connectivity index (χ0v) is 7.62. The van der Waals surface area contributed by atoms with Gasteiger partial charge in [0.15, 0.2) is 5.65 Å². The Bertz CT molecular complexity index is 470. The molecule has 2 heterocycles. The molecule has 13 heavy (non-hydrogen) atoms. The minimum Gasteiger partial charge on any atom is -0.250 e. The van der Waals surface area contributed by atoms with E-state index >= 15 is 0 Å². The molecule has 0 saturated heterocycles. The third-order valence-corrected chi connectivity index (χ3v) is 2.74. The molecule has 0 unspecified atom stereocenters. The summed E-state index contributed by atoms with van der Waals surface area (Å²) in [6, 6.07) is 2.23. The van der Waals surface area contributed by atoms with Crippen molar-refractivity contribution in [2.45, 2.75) is 19.3 Å². The lowest BCUT2D eigenvalue weighted by Gasteiger charge is -1.98. The SMILES string of the molecule is Cn1ncc2cc3c(nc21)CCC3. The van der Waals surface area contributed by atoms with E-state index in [0.717, 1.165) is 12.1 Å². The summed E-state index contributed by atoms with van der Waals surface area (Å²) in [5.41, 5.74) is 3.71. The molecule has 0 radical (unpaired) electrons. The van der Waals surface area contributed by atoms with Crippen molar-refractivity contribution in [1.82, 2.24) is 14.8 Å². The van der Waals surface area contributed by atoms with E-state index in [1.165, 1.54) is 29.5 Å². The maximum absolute atomic E-state index is 4.62. The molecule has 2 aromatic heterocycles. The van der Waals surface area contributed by atoms with Gasteiger partial charge in [0, 0.05) is 18.1 Å². The molecule has 0 atom stereocenters. The number of rotatable bonds is 0. The highest BCUT2D eigenvalue weighted by Gasteiger charge is 2.14. The van der Waals surface area contributed by atoms with Crippen LogP contribution in [0, 0.1) is 0 Å². The van der Waals surface area contributed by atoms with Crippen LogP contribution in [0.5, 0.6) is 0 Å². The first-order valence-corrected chi connectivity index (χ1v) is 4.65. The highest BCUT2D eigenvalue weighted by molar-refractivity contribution is 5.75. The van der Waals surface area contributed by atoms with Crippen molar-refractivity contribution in [3.8, 4) is 0 Å². The van der Waals surface area contributed by atoms with Gasteiger partial charge in [-0.2, -0.15) is 5.10 Å². The highest BCUT2D eigenvalue weighted by atomic mass is 15.3. The van der Waals surface area contributed by atoms with Crippen LogP contribution in [0.15, 0.2) is 12.3 Å². The number of aryl methyl sites for hydroxylation is 3. The molecule has 1 aliphatic carbocycles. The molecule has 1 aliphatic rings. The number of hydrogen-bond donors (Lipinski definition) is 0. The van der Waals surface area contributed by atoms with Crippen molar-refractivity contribution in [2.24, 2.45) is 7.05 Å². The fraction of sp³-hybridized carbons (Fsp3) is 0.400. The van der Waals surface area contributed by atoms with Gasteiger partial charge in [0.2, 0.25) is 0 Å². The van der Waals surface area contributed by atoms with E-state index in [9.17, 15) is 0 Å². The molecule has 0 spiro atoms. The van der Waals surface area contributed by atoms with Crippen molar-refractivity contribution in [1.29, 1.82) is 0 Å². The summed E-state index contributed by atoms with van der Waals surface area (Å²) in [4.78, 5) is 4.62. The molecule has 2 aromatic rings. The summed E-state index contributed by atoms with van der Waals surface area (Å²) in [6.07, 6.45) is 5.47. The van der Waals surface area contributed by atoms with Crippen LogP contribution >= 0.6 is 0 Å². The first kappa shape index (κ1) is 7.06.